The van der Waals surface area contributed by atoms with E-state index in [0.717, 1.165) is 24.8 Å². The van der Waals surface area contributed by atoms with Crippen LogP contribution in [0.15, 0.2) is 11.6 Å². The maximum Gasteiger partial charge on any atom is 0.311 e. The van der Waals surface area contributed by atoms with E-state index in [9.17, 15) is 9.90 Å². The molecule has 4 nitrogen and oxygen atoms in total. The van der Waals surface area contributed by atoms with Crippen molar-refractivity contribution in [2.45, 2.75) is 104 Å². The van der Waals surface area contributed by atoms with Gasteiger partial charge in [0.25, 0.3) is 0 Å². The first-order valence-corrected chi connectivity index (χ1v) is 14.5. The Bertz CT molecular complexity index is 718. The van der Waals surface area contributed by atoms with Crippen molar-refractivity contribution in [3.8, 4) is 0 Å². The van der Waals surface area contributed by atoms with E-state index in [1.165, 1.54) is 7.11 Å². The summed E-state index contributed by atoms with van der Waals surface area (Å²) in [5.74, 6) is 0.00387. The fraction of sp³-hybridized carbons (Fsp3) is 0.885. The molecule has 0 radical (unpaired) electrons. The monoisotopic (exact) mass is 450 g/mol. The van der Waals surface area contributed by atoms with Crippen molar-refractivity contribution in [1.82, 2.24) is 0 Å². The molecule has 0 aromatic heterocycles. The molecular weight excluding hydrogens is 404 g/mol. The quantitative estimate of drug-likeness (QED) is 0.289. The lowest BCUT2D eigenvalue weighted by Crippen LogP contribution is -2.76. The smallest absolute Gasteiger partial charge is 0.311 e. The van der Waals surface area contributed by atoms with Crippen LogP contribution in [0.4, 0.5) is 0 Å². The molecule has 1 N–H and O–H groups in total. The summed E-state index contributed by atoms with van der Waals surface area (Å²) in [6, 6.07) is 0. The van der Waals surface area contributed by atoms with Crippen LogP contribution < -0.4 is 0 Å². The van der Waals surface area contributed by atoms with E-state index in [2.05, 4.69) is 68.4 Å². The maximum absolute atomic E-state index is 13.1. The number of carbonyl (C=O) groups excluding carboxylic acids is 1. The highest BCUT2D eigenvalue weighted by molar-refractivity contribution is 6.77. The van der Waals surface area contributed by atoms with Gasteiger partial charge in [-0.05, 0) is 52.8 Å². The number of hydrogen-bond acceptors (Lipinski definition) is 4. The Morgan fingerprint density at radius 3 is 2.06 bits per heavy atom. The second kappa shape index (κ2) is 7.98. The third-order valence-corrected chi connectivity index (χ3v) is 15.6. The van der Waals surface area contributed by atoms with Crippen LogP contribution in [-0.4, -0.2) is 38.7 Å². The van der Waals surface area contributed by atoms with Crippen molar-refractivity contribution in [3.05, 3.63) is 11.6 Å². The van der Waals surface area contributed by atoms with E-state index >= 15 is 0 Å². The van der Waals surface area contributed by atoms with E-state index in [1.807, 2.05) is 0 Å². The SMILES string of the molecule is COC(=O)C1C[C@@]2(C)[C@@H]3CC(C)(C)C[C@@H](C=C3CO)[C@@]12O[Si](C(C)C)(C(C)C)C(C)C. The predicted molar refractivity (Wildman–Crippen MR) is 128 cm³/mol. The first-order chi connectivity index (χ1) is 14.2. The summed E-state index contributed by atoms with van der Waals surface area (Å²) in [6.45, 7) is 21.0. The van der Waals surface area contributed by atoms with Crippen LogP contribution in [0.3, 0.4) is 0 Å². The van der Waals surface area contributed by atoms with Gasteiger partial charge in [-0.3, -0.25) is 4.79 Å². The Balaban J connectivity index is 2.27. The summed E-state index contributed by atoms with van der Waals surface area (Å²) >= 11 is 0. The molecule has 2 fully saturated rings. The summed E-state index contributed by atoms with van der Waals surface area (Å²) < 4.78 is 13.0. The van der Waals surface area contributed by atoms with E-state index in [1.54, 1.807) is 0 Å². The van der Waals surface area contributed by atoms with Crippen LogP contribution in [0.5, 0.6) is 0 Å². The van der Waals surface area contributed by atoms with Crippen molar-refractivity contribution < 1.29 is 19.1 Å². The number of esters is 1. The minimum Gasteiger partial charge on any atom is -0.469 e. The molecule has 0 aliphatic heterocycles. The van der Waals surface area contributed by atoms with Gasteiger partial charge in [0.05, 0.1) is 25.2 Å². The number of fused-ring (bicyclic) bond motifs is 2. The molecule has 1 unspecified atom stereocenters. The number of aliphatic hydroxyl groups is 1. The molecule has 178 valence electrons. The van der Waals surface area contributed by atoms with Crippen molar-refractivity contribution in [2.75, 3.05) is 13.7 Å². The lowest BCUT2D eigenvalue weighted by atomic mass is 9.41. The van der Waals surface area contributed by atoms with Crippen LogP contribution in [0, 0.1) is 28.6 Å². The third-order valence-electron chi connectivity index (χ3n) is 9.47. The standard InChI is InChI=1S/C26H46O4Si/c1-16(2)31(17(3)4,18(5)6)30-26-20-11-19(15-27)21(13-24(7,8)12-20)25(26,9)14-22(26)23(28)29-10/h11,16-18,20-22,27H,12-15H2,1-10H3/t20-,21-,22?,25+,26-/m1/s1. The largest absolute Gasteiger partial charge is 0.469 e. The summed E-state index contributed by atoms with van der Waals surface area (Å²) in [7, 11) is -0.752. The van der Waals surface area contributed by atoms with E-state index < -0.39 is 13.9 Å². The Morgan fingerprint density at radius 1 is 1.06 bits per heavy atom. The van der Waals surface area contributed by atoms with Crippen molar-refractivity contribution >= 4 is 14.3 Å². The first-order valence-electron chi connectivity index (χ1n) is 12.3. The summed E-state index contributed by atoms with van der Waals surface area (Å²) in [5, 5.41) is 10.3. The molecule has 4 aliphatic carbocycles. The van der Waals surface area contributed by atoms with Gasteiger partial charge < -0.3 is 14.3 Å². The normalized spacial score (nSPS) is 36.8. The average molecular weight is 451 g/mol. The Morgan fingerprint density at radius 2 is 1.61 bits per heavy atom. The summed E-state index contributed by atoms with van der Waals surface area (Å²) in [4.78, 5) is 13.1. The zero-order valence-corrected chi connectivity index (χ0v) is 22.5. The predicted octanol–water partition coefficient (Wildman–Crippen LogP) is 6.10. The van der Waals surface area contributed by atoms with Crippen LogP contribution in [0.2, 0.25) is 16.6 Å². The van der Waals surface area contributed by atoms with Gasteiger partial charge in [-0.25, -0.2) is 0 Å². The van der Waals surface area contributed by atoms with Crippen LogP contribution in [0.25, 0.3) is 0 Å². The molecule has 5 atom stereocenters. The number of rotatable bonds is 7. The third kappa shape index (κ3) is 3.32. The number of ether oxygens (including phenoxy) is 1. The molecule has 0 saturated heterocycles. The summed E-state index contributed by atoms with van der Waals surface area (Å²) in [5.41, 5.74) is 1.93. The second-order valence-electron chi connectivity index (χ2n) is 12.5. The lowest BCUT2D eigenvalue weighted by Gasteiger charge is -2.71. The second-order valence-corrected chi connectivity index (χ2v) is 17.9. The number of methoxy groups -OCH3 is 1. The Labute approximate surface area is 191 Å². The van der Waals surface area contributed by atoms with Gasteiger partial charge >= 0.3 is 5.97 Å². The average Bonchev–Trinajstić information content (AvgIpc) is 2.82. The highest BCUT2D eigenvalue weighted by atomic mass is 28.4. The van der Waals surface area contributed by atoms with E-state index in [4.69, 9.17) is 9.16 Å². The topological polar surface area (TPSA) is 55.8 Å². The molecule has 0 spiro atoms. The molecule has 4 rings (SSSR count). The number of aliphatic hydroxyl groups excluding tert-OH is 1. The maximum atomic E-state index is 13.1. The zero-order chi connectivity index (χ0) is 23.6. The minimum atomic E-state index is -2.26. The Hall–Kier alpha value is -0.653. The van der Waals surface area contributed by atoms with Crippen molar-refractivity contribution in [1.29, 1.82) is 0 Å². The highest BCUT2D eigenvalue weighted by Gasteiger charge is 2.76. The molecule has 31 heavy (non-hydrogen) atoms. The van der Waals surface area contributed by atoms with E-state index in [0.29, 0.717) is 16.6 Å². The first kappa shape index (κ1) is 25.0. The van der Waals surface area contributed by atoms with Gasteiger partial charge in [0, 0.05) is 11.3 Å². The minimum absolute atomic E-state index is 0.104. The van der Waals surface area contributed by atoms with Crippen LogP contribution >= 0.6 is 0 Å². The van der Waals surface area contributed by atoms with Crippen LogP contribution in [0.1, 0.15) is 81.6 Å². The molecule has 4 aliphatic rings. The zero-order valence-electron chi connectivity index (χ0n) is 21.5. The van der Waals surface area contributed by atoms with Gasteiger partial charge in [0.2, 0.25) is 8.32 Å². The molecule has 0 aromatic rings. The molecular formula is C26H46O4Si. The van der Waals surface area contributed by atoms with Crippen molar-refractivity contribution in [2.24, 2.45) is 28.6 Å². The van der Waals surface area contributed by atoms with Gasteiger partial charge in [-0.15, -0.1) is 0 Å². The lowest BCUT2D eigenvalue weighted by molar-refractivity contribution is -0.246. The van der Waals surface area contributed by atoms with Gasteiger partial charge in [-0.1, -0.05) is 68.4 Å². The van der Waals surface area contributed by atoms with E-state index in [-0.39, 0.29) is 41.2 Å². The fourth-order valence-corrected chi connectivity index (χ4v) is 14.1. The van der Waals surface area contributed by atoms with Gasteiger partial charge in [0.15, 0.2) is 0 Å². The fourth-order valence-electron chi connectivity index (χ4n) is 8.28. The number of hydrogen-bond donors (Lipinski definition) is 1. The van der Waals surface area contributed by atoms with Crippen LogP contribution in [-0.2, 0) is 14.0 Å². The van der Waals surface area contributed by atoms with Crippen molar-refractivity contribution in [3.63, 3.8) is 0 Å². The molecule has 2 bridgehead atoms. The summed E-state index contributed by atoms with van der Waals surface area (Å²) in [6.07, 6.45) is 5.10. The molecule has 0 aromatic carbocycles. The van der Waals surface area contributed by atoms with Gasteiger partial charge in [0.1, 0.15) is 0 Å². The van der Waals surface area contributed by atoms with Gasteiger partial charge in [-0.2, -0.15) is 0 Å². The Kier molecular flexibility index (Phi) is 6.43. The highest BCUT2D eigenvalue weighted by Crippen LogP contribution is 2.73. The molecule has 2 saturated carbocycles. The molecule has 0 heterocycles. The molecule has 5 heteroatoms. The number of carbonyl (C=O) groups is 1. The molecule has 0 amide bonds.